The van der Waals surface area contributed by atoms with Gasteiger partial charge in [-0.3, -0.25) is 4.79 Å². The summed E-state index contributed by atoms with van der Waals surface area (Å²) in [7, 11) is 0. The fourth-order valence-electron chi connectivity index (χ4n) is 0.769. The van der Waals surface area contributed by atoms with E-state index in [1.54, 1.807) is 0 Å². The Morgan fingerprint density at radius 3 is 1.83 bits per heavy atom. The van der Waals surface area contributed by atoms with Gasteiger partial charge in [-0.05, 0) is 12.8 Å². The second-order valence-corrected chi connectivity index (χ2v) is 1.75. The van der Waals surface area contributed by atoms with Gasteiger partial charge in [-0.15, -0.1) is 0 Å². The smallest absolute Gasteiger partial charge is 0.132 e. The van der Waals surface area contributed by atoms with E-state index in [9.17, 15) is 4.79 Å². The maximum Gasteiger partial charge on any atom is 0.132 e. The zero-order chi connectivity index (χ0) is 4.41. The SMILES string of the molecule is O=[13C]1CCCC1. The number of ketones is 1. The minimum atomic E-state index is 0.454. The minimum Gasteiger partial charge on any atom is -0.300 e. The lowest BCUT2D eigenvalue weighted by Crippen LogP contribution is -1.81. The first-order chi connectivity index (χ1) is 2.89. The topological polar surface area (TPSA) is 17.1 Å². The number of carbonyl (C=O) groups excluding carboxylic acids is 1. The molecule has 6 heavy (non-hydrogen) atoms. The van der Waals surface area contributed by atoms with E-state index < -0.39 is 0 Å². The molecule has 1 aliphatic rings. The molecule has 1 heteroatoms. The van der Waals surface area contributed by atoms with Gasteiger partial charge in [0.05, 0.1) is 0 Å². The van der Waals surface area contributed by atoms with Crippen molar-refractivity contribution in [1.82, 2.24) is 0 Å². The van der Waals surface area contributed by atoms with Crippen molar-refractivity contribution in [3.63, 3.8) is 0 Å². The van der Waals surface area contributed by atoms with Crippen molar-refractivity contribution in [1.29, 1.82) is 0 Å². The first-order valence-corrected chi connectivity index (χ1v) is 2.41. The van der Waals surface area contributed by atoms with Gasteiger partial charge < -0.3 is 0 Å². The second-order valence-electron chi connectivity index (χ2n) is 1.75. The third kappa shape index (κ3) is 0.588. The van der Waals surface area contributed by atoms with Crippen LogP contribution in [-0.2, 0) is 4.79 Å². The van der Waals surface area contributed by atoms with Crippen LogP contribution in [0.3, 0.4) is 0 Å². The molecule has 0 bridgehead atoms. The predicted molar refractivity (Wildman–Crippen MR) is 23.5 cm³/mol. The highest BCUT2D eigenvalue weighted by atomic mass is 16.2. The molecular weight excluding hydrogens is 77.0 g/mol. The van der Waals surface area contributed by atoms with Crippen LogP contribution in [0.5, 0.6) is 0 Å². The maximum atomic E-state index is 10.2. The van der Waals surface area contributed by atoms with Gasteiger partial charge in [-0.2, -0.15) is 0 Å². The molecule has 0 aromatic heterocycles. The molecule has 34 valence electrons. The van der Waals surface area contributed by atoms with Crippen LogP contribution >= 0.6 is 0 Å². The summed E-state index contributed by atoms with van der Waals surface area (Å²) < 4.78 is 0. The summed E-state index contributed by atoms with van der Waals surface area (Å²) in [6, 6.07) is 0. The average molecular weight is 85.1 g/mol. The van der Waals surface area contributed by atoms with Crippen molar-refractivity contribution < 1.29 is 4.79 Å². The van der Waals surface area contributed by atoms with Crippen LogP contribution in [0.2, 0.25) is 0 Å². The van der Waals surface area contributed by atoms with Crippen LogP contribution in [0.1, 0.15) is 25.7 Å². The van der Waals surface area contributed by atoms with Gasteiger partial charge in [-0.1, -0.05) is 0 Å². The molecule has 0 spiro atoms. The zero-order valence-electron chi connectivity index (χ0n) is 3.74. The van der Waals surface area contributed by atoms with Crippen LogP contribution in [-0.4, -0.2) is 5.78 Å². The number of hydrogen-bond donors (Lipinski definition) is 0. The van der Waals surface area contributed by atoms with Gasteiger partial charge >= 0.3 is 0 Å². The van der Waals surface area contributed by atoms with E-state index in [1.807, 2.05) is 0 Å². The molecular formula is C5H8O. The summed E-state index contributed by atoms with van der Waals surface area (Å²) in [5.74, 6) is 0.454. The van der Waals surface area contributed by atoms with Gasteiger partial charge in [0.1, 0.15) is 5.78 Å². The Labute approximate surface area is 37.4 Å². The minimum absolute atomic E-state index is 0.454. The molecule has 0 aromatic rings. The van der Waals surface area contributed by atoms with E-state index in [2.05, 4.69) is 0 Å². The number of carbonyl (C=O) groups is 1. The van der Waals surface area contributed by atoms with E-state index in [0.29, 0.717) is 5.78 Å². The Balaban J connectivity index is 2.37. The lowest BCUT2D eigenvalue weighted by molar-refractivity contribution is -0.117. The summed E-state index contributed by atoms with van der Waals surface area (Å²) in [5.41, 5.74) is 0. The lowest BCUT2D eigenvalue weighted by Gasteiger charge is -1.71. The lowest BCUT2D eigenvalue weighted by atomic mass is 10.4. The van der Waals surface area contributed by atoms with Crippen molar-refractivity contribution in [3.8, 4) is 0 Å². The van der Waals surface area contributed by atoms with Gasteiger partial charge in [-0.25, -0.2) is 0 Å². The molecule has 0 aromatic carbocycles. The molecule has 0 unspecified atom stereocenters. The van der Waals surface area contributed by atoms with E-state index >= 15 is 0 Å². The summed E-state index contributed by atoms with van der Waals surface area (Å²) >= 11 is 0. The largest absolute Gasteiger partial charge is 0.300 e. The average Bonchev–Trinajstić information content (AvgIpc) is 1.86. The Bertz CT molecular complexity index is 58.3. The fraction of sp³-hybridized carbons (Fsp3) is 0.800. The molecule has 0 radical (unpaired) electrons. The highest BCUT2D eigenvalue weighted by Gasteiger charge is 2.07. The van der Waals surface area contributed by atoms with Crippen LogP contribution in [0.4, 0.5) is 0 Å². The first kappa shape index (κ1) is 3.85. The molecule has 0 amide bonds. The first-order valence-electron chi connectivity index (χ1n) is 2.41. The van der Waals surface area contributed by atoms with Crippen molar-refractivity contribution in [3.05, 3.63) is 0 Å². The summed E-state index contributed by atoms with van der Waals surface area (Å²) in [5, 5.41) is 0. The van der Waals surface area contributed by atoms with Crippen molar-refractivity contribution >= 4 is 5.78 Å². The van der Waals surface area contributed by atoms with Crippen molar-refractivity contribution in [2.45, 2.75) is 25.7 Å². The Morgan fingerprint density at radius 1 is 1.17 bits per heavy atom. The zero-order valence-corrected chi connectivity index (χ0v) is 3.74. The maximum absolute atomic E-state index is 10.2. The highest BCUT2D eigenvalue weighted by Crippen LogP contribution is 2.11. The van der Waals surface area contributed by atoms with Crippen molar-refractivity contribution in [2.24, 2.45) is 0 Å². The quantitative estimate of drug-likeness (QED) is 0.403. The molecule has 1 rings (SSSR count). The molecule has 1 saturated carbocycles. The van der Waals surface area contributed by atoms with Gasteiger partial charge in [0.2, 0.25) is 0 Å². The standard InChI is InChI=1S/C5H8O/c6-5-3-1-2-4-5/h1-4H2/i5+1. The molecule has 1 aliphatic carbocycles. The van der Waals surface area contributed by atoms with Crippen LogP contribution in [0.25, 0.3) is 0 Å². The van der Waals surface area contributed by atoms with E-state index in [1.165, 1.54) is 0 Å². The molecule has 0 atom stereocenters. The van der Waals surface area contributed by atoms with Crippen molar-refractivity contribution in [2.75, 3.05) is 0 Å². The number of hydrogen-bond acceptors (Lipinski definition) is 1. The van der Waals surface area contributed by atoms with Gasteiger partial charge in [0, 0.05) is 12.8 Å². The second kappa shape index (κ2) is 1.41. The van der Waals surface area contributed by atoms with Crippen LogP contribution < -0.4 is 0 Å². The third-order valence-electron chi connectivity index (χ3n) is 1.16. The fourth-order valence-corrected chi connectivity index (χ4v) is 0.769. The highest BCUT2D eigenvalue weighted by molar-refractivity contribution is 5.79. The monoisotopic (exact) mass is 85.1 g/mol. The summed E-state index contributed by atoms with van der Waals surface area (Å²) in [4.78, 5) is 10.2. The summed E-state index contributed by atoms with van der Waals surface area (Å²) in [6.45, 7) is 0. The molecule has 0 N–H and O–H groups in total. The Kier molecular flexibility index (Phi) is 0.906. The van der Waals surface area contributed by atoms with Crippen LogP contribution in [0, 0.1) is 0 Å². The van der Waals surface area contributed by atoms with E-state index in [0.717, 1.165) is 25.7 Å². The van der Waals surface area contributed by atoms with Gasteiger partial charge in [0.15, 0.2) is 0 Å². The molecule has 1 fully saturated rings. The predicted octanol–water partition coefficient (Wildman–Crippen LogP) is 1.13. The summed E-state index contributed by atoms with van der Waals surface area (Å²) in [6.07, 6.45) is 3.97. The third-order valence-corrected chi connectivity index (χ3v) is 1.16. The molecule has 0 aliphatic heterocycles. The molecule has 0 saturated heterocycles. The van der Waals surface area contributed by atoms with E-state index in [-0.39, 0.29) is 0 Å². The Morgan fingerprint density at radius 2 is 1.67 bits per heavy atom. The normalized spacial score (nSPS) is 22.3. The molecule has 0 heterocycles. The number of Topliss-reactive ketones (excluding diaryl/α,β-unsaturated/α-hetero) is 1. The van der Waals surface area contributed by atoms with Crippen LogP contribution in [0.15, 0.2) is 0 Å². The Hall–Kier alpha value is -0.330. The molecule has 1 nitrogen and oxygen atoms in total. The number of rotatable bonds is 0. The van der Waals surface area contributed by atoms with Gasteiger partial charge in [0.25, 0.3) is 0 Å². The van der Waals surface area contributed by atoms with E-state index in [4.69, 9.17) is 0 Å².